The SMILES string of the molecule is CN=C(NCC1CCN(C(=O)OC(C)(C)C)CC1)NC1CCN(C2CCCC2)C1. The van der Waals surface area contributed by atoms with Gasteiger partial charge in [0.25, 0.3) is 0 Å². The first-order chi connectivity index (χ1) is 13.8. The van der Waals surface area contributed by atoms with E-state index < -0.39 is 5.60 Å². The maximum Gasteiger partial charge on any atom is 0.410 e. The Balaban J connectivity index is 1.35. The van der Waals surface area contributed by atoms with Gasteiger partial charge in [-0.3, -0.25) is 9.89 Å². The zero-order chi connectivity index (χ0) is 20.9. The molecule has 1 unspecified atom stereocenters. The van der Waals surface area contributed by atoms with Gasteiger partial charge in [0, 0.05) is 51.9 Å². The molecule has 0 spiro atoms. The fourth-order valence-electron chi connectivity index (χ4n) is 4.78. The van der Waals surface area contributed by atoms with Crippen molar-refractivity contribution in [3.05, 3.63) is 0 Å². The Labute approximate surface area is 176 Å². The monoisotopic (exact) mass is 407 g/mol. The third-order valence-corrected chi connectivity index (χ3v) is 6.45. The highest BCUT2D eigenvalue weighted by atomic mass is 16.6. The van der Waals surface area contributed by atoms with Crippen LogP contribution in [0.25, 0.3) is 0 Å². The minimum atomic E-state index is -0.429. The Morgan fingerprint density at radius 2 is 1.76 bits per heavy atom. The minimum absolute atomic E-state index is 0.186. The fourth-order valence-corrected chi connectivity index (χ4v) is 4.78. The molecular weight excluding hydrogens is 366 g/mol. The summed E-state index contributed by atoms with van der Waals surface area (Å²) in [5.74, 6) is 1.48. The van der Waals surface area contributed by atoms with Crippen molar-refractivity contribution in [3.63, 3.8) is 0 Å². The predicted molar refractivity (Wildman–Crippen MR) is 117 cm³/mol. The Hall–Kier alpha value is -1.50. The van der Waals surface area contributed by atoms with Crippen LogP contribution in [0.15, 0.2) is 4.99 Å². The second kappa shape index (κ2) is 10.0. The first-order valence-corrected chi connectivity index (χ1v) is 11.5. The summed E-state index contributed by atoms with van der Waals surface area (Å²) in [4.78, 5) is 21.1. The fraction of sp³-hybridized carbons (Fsp3) is 0.909. The number of nitrogens with one attached hydrogen (secondary N) is 2. The summed E-state index contributed by atoms with van der Waals surface area (Å²) in [6.45, 7) is 10.5. The molecule has 1 atom stereocenters. The molecule has 3 aliphatic rings. The van der Waals surface area contributed by atoms with Crippen molar-refractivity contribution in [2.75, 3.05) is 39.8 Å². The van der Waals surface area contributed by atoms with Crippen LogP contribution in [0.5, 0.6) is 0 Å². The molecule has 2 aliphatic heterocycles. The molecule has 2 saturated heterocycles. The average Bonchev–Trinajstić information content (AvgIpc) is 3.35. The van der Waals surface area contributed by atoms with E-state index >= 15 is 0 Å². The van der Waals surface area contributed by atoms with E-state index in [1.807, 2.05) is 32.7 Å². The third kappa shape index (κ3) is 6.76. The van der Waals surface area contributed by atoms with Crippen LogP contribution in [0, 0.1) is 5.92 Å². The lowest BCUT2D eigenvalue weighted by atomic mass is 9.97. The molecule has 7 heteroatoms. The molecule has 1 saturated carbocycles. The number of ether oxygens (including phenoxy) is 1. The zero-order valence-corrected chi connectivity index (χ0v) is 18.9. The molecule has 0 radical (unpaired) electrons. The third-order valence-electron chi connectivity index (χ3n) is 6.45. The zero-order valence-electron chi connectivity index (χ0n) is 18.9. The van der Waals surface area contributed by atoms with E-state index in [1.54, 1.807) is 0 Å². The normalized spacial score (nSPS) is 25.4. The maximum atomic E-state index is 12.2. The standard InChI is InChI=1S/C22H41N5O2/c1-22(2,3)29-21(28)26-12-9-17(10-13-26)15-24-20(23-4)25-18-11-14-27(16-18)19-7-5-6-8-19/h17-19H,5-16H2,1-4H3,(H2,23,24,25). The van der Waals surface area contributed by atoms with Gasteiger partial charge in [-0.1, -0.05) is 12.8 Å². The number of hydrogen-bond acceptors (Lipinski definition) is 4. The van der Waals surface area contributed by atoms with E-state index in [0.29, 0.717) is 12.0 Å². The molecular formula is C22H41N5O2. The number of likely N-dealkylation sites (tertiary alicyclic amines) is 2. The van der Waals surface area contributed by atoms with Crippen molar-refractivity contribution in [2.45, 2.75) is 83.4 Å². The minimum Gasteiger partial charge on any atom is -0.444 e. The van der Waals surface area contributed by atoms with Crippen LogP contribution in [0.1, 0.15) is 65.7 Å². The maximum absolute atomic E-state index is 12.2. The second-order valence-electron chi connectivity index (χ2n) is 9.93. The smallest absolute Gasteiger partial charge is 0.410 e. The summed E-state index contributed by atoms with van der Waals surface area (Å²) < 4.78 is 5.49. The van der Waals surface area contributed by atoms with Crippen LogP contribution < -0.4 is 10.6 Å². The summed E-state index contributed by atoms with van der Waals surface area (Å²) in [6, 6.07) is 1.31. The molecule has 3 rings (SSSR count). The van der Waals surface area contributed by atoms with Gasteiger partial charge in [-0.2, -0.15) is 0 Å². The number of carbonyl (C=O) groups excluding carboxylic acids is 1. The predicted octanol–water partition coefficient (Wildman–Crippen LogP) is 2.82. The molecule has 0 bridgehead atoms. The summed E-state index contributed by atoms with van der Waals surface area (Å²) in [5.41, 5.74) is -0.429. The lowest BCUT2D eigenvalue weighted by Gasteiger charge is -2.33. The molecule has 1 aliphatic carbocycles. The van der Waals surface area contributed by atoms with Gasteiger partial charge in [-0.05, 0) is 58.8 Å². The van der Waals surface area contributed by atoms with E-state index in [9.17, 15) is 4.79 Å². The van der Waals surface area contributed by atoms with E-state index in [0.717, 1.165) is 51.0 Å². The molecule has 29 heavy (non-hydrogen) atoms. The number of rotatable bonds is 4. The van der Waals surface area contributed by atoms with Crippen molar-refractivity contribution in [1.82, 2.24) is 20.4 Å². The molecule has 2 heterocycles. The molecule has 0 aromatic carbocycles. The number of hydrogen-bond donors (Lipinski definition) is 2. The first kappa shape index (κ1) is 22.2. The van der Waals surface area contributed by atoms with Crippen molar-refractivity contribution >= 4 is 12.1 Å². The summed E-state index contributed by atoms with van der Waals surface area (Å²) in [7, 11) is 1.85. The second-order valence-corrected chi connectivity index (χ2v) is 9.93. The van der Waals surface area contributed by atoms with E-state index in [1.165, 1.54) is 38.6 Å². The Bertz CT molecular complexity index is 560. The highest BCUT2D eigenvalue weighted by Crippen LogP contribution is 2.26. The molecule has 2 N–H and O–H groups in total. The van der Waals surface area contributed by atoms with Gasteiger partial charge in [-0.25, -0.2) is 4.79 Å². The lowest BCUT2D eigenvalue weighted by Crippen LogP contribution is -2.48. The summed E-state index contributed by atoms with van der Waals surface area (Å²) in [5, 5.41) is 7.14. The topological polar surface area (TPSA) is 69.2 Å². The van der Waals surface area contributed by atoms with Crippen LogP contribution in [0.3, 0.4) is 0 Å². The van der Waals surface area contributed by atoms with Crippen LogP contribution in [0.2, 0.25) is 0 Å². The number of amides is 1. The van der Waals surface area contributed by atoms with Gasteiger partial charge in [-0.15, -0.1) is 0 Å². The van der Waals surface area contributed by atoms with Gasteiger partial charge < -0.3 is 20.3 Å². The van der Waals surface area contributed by atoms with Crippen molar-refractivity contribution in [1.29, 1.82) is 0 Å². The highest BCUT2D eigenvalue weighted by Gasteiger charge is 2.31. The number of piperidine rings is 1. The van der Waals surface area contributed by atoms with Gasteiger partial charge in [0.05, 0.1) is 0 Å². The molecule has 0 aromatic rings. The Morgan fingerprint density at radius 1 is 1.07 bits per heavy atom. The molecule has 166 valence electrons. The first-order valence-electron chi connectivity index (χ1n) is 11.5. The van der Waals surface area contributed by atoms with Crippen LogP contribution in [-0.4, -0.2) is 79.3 Å². The quantitative estimate of drug-likeness (QED) is 0.554. The largest absolute Gasteiger partial charge is 0.444 e. The Kier molecular flexibility index (Phi) is 7.66. The van der Waals surface area contributed by atoms with E-state index in [-0.39, 0.29) is 6.09 Å². The molecule has 3 fully saturated rings. The number of carbonyl (C=O) groups is 1. The van der Waals surface area contributed by atoms with Crippen LogP contribution in [0.4, 0.5) is 4.79 Å². The molecule has 1 amide bonds. The summed E-state index contributed by atoms with van der Waals surface area (Å²) in [6.07, 6.45) is 8.57. The van der Waals surface area contributed by atoms with Crippen molar-refractivity contribution in [2.24, 2.45) is 10.9 Å². The molecule has 7 nitrogen and oxygen atoms in total. The van der Waals surface area contributed by atoms with Crippen molar-refractivity contribution in [3.8, 4) is 0 Å². The van der Waals surface area contributed by atoms with Gasteiger partial charge in [0.15, 0.2) is 5.96 Å². The summed E-state index contributed by atoms with van der Waals surface area (Å²) >= 11 is 0. The van der Waals surface area contributed by atoms with E-state index in [4.69, 9.17) is 4.74 Å². The van der Waals surface area contributed by atoms with Crippen LogP contribution in [-0.2, 0) is 4.74 Å². The van der Waals surface area contributed by atoms with Crippen LogP contribution >= 0.6 is 0 Å². The number of aliphatic imine (C=N–C) groups is 1. The van der Waals surface area contributed by atoms with Crippen molar-refractivity contribution < 1.29 is 9.53 Å². The highest BCUT2D eigenvalue weighted by molar-refractivity contribution is 5.80. The Morgan fingerprint density at radius 3 is 2.38 bits per heavy atom. The van der Waals surface area contributed by atoms with Gasteiger partial charge in [0.2, 0.25) is 0 Å². The van der Waals surface area contributed by atoms with E-state index in [2.05, 4.69) is 20.5 Å². The lowest BCUT2D eigenvalue weighted by molar-refractivity contribution is 0.0185. The number of nitrogens with zero attached hydrogens (tertiary/aromatic N) is 3. The number of guanidine groups is 1. The molecule has 0 aromatic heterocycles. The van der Waals surface area contributed by atoms with Gasteiger partial charge in [0.1, 0.15) is 5.60 Å². The van der Waals surface area contributed by atoms with Gasteiger partial charge >= 0.3 is 6.09 Å². The average molecular weight is 408 g/mol.